The number of urea groups is 2. The van der Waals surface area contributed by atoms with E-state index in [4.69, 9.17) is 0 Å². The van der Waals surface area contributed by atoms with E-state index in [1.54, 1.807) is 12.1 Å². The van der Waals surface area contributed by atoms with Gasteiger partial charge in [-0.2, -0.15) is 26.3 Å². The normalized spacial score (nSPS) is 13.9. The van der Waals surface area contributed by atoms with Crippen molar-refractivity contribution in [2.24, 2.45) is 0 Å². The number of anilines is 3. The Bertz CT molecular complexity index is 942. The monoisotopic (exact) mass is 431 g/mol. The first-order valence-electron chi connectivity index (χ1n) is 8.38. The Balaban J connectivity index is 1.77. The maximum Gasteiger partial charge on any atom is 0.416 e. The molecule has 0 spiro atoms. The van der Waals surface area contributed by atoms with Crippen LogP contribution in [0.25, 0.3) is 0 Å². The number of nitrogens with zero attached hydrogens (tertiary/aromatic N) is 1. The molecule has 0 bridgehead atoms. The van der Waals surface area contributed by atoms with Gasteiger partial charge in [0.05, 0.1) is 22.5 Å². The van der Waals surface area contributed by atoms with Crippen molar-refractivity contribution in [3.8, 4) is 0 Å². The van der Waals surface area contributed by atoms with E-state index in [0.717, 1.165) is 0 Å². The lowest BCUT2D eigenvalue weighted by atomic mass is 10.1. The minimum Gasteiger partial charge on any atom is -0.382 e. The van der Waals surface area contributed by atoms with Crippen molar-refractivity contribution < 1.29 is 35.9 Å². The molecule has 30 heavy (non-hydrogen) atoms. The summed E-state index contributed by atoms with van der Waals surface area (Å²) in [6.07, 6.45) is -10.1. The minimum absolute atomic E-state index is 0.0665. The molecular formula is C18H13F6N4O2. The molecule has 0 atom stereocenters. The molecule has 0 unspecified atom stereocenters. The molecule has 2 aromatic rings. The van der Waals surface area contributed by atoms with Crippen LogP contribution in [0.5, 0.6) is 0 Å². The van der Waals surface area contributed by atoms with E-state index in [-0.39, 0.29) is 12.6 Å². The lowest BCUT2D eigenvalue weighted by molar-refractivity contribution is -0.143. The topological polar surface area (TPSA) is 73.5 Å². The molecule has 2 aromatic carbocycles. The van der Waals surface area contributed by atoms with Crippen molar-refractivity contribution in [3.63, 3.8) is 0 Å². The minimum atomic E-state index is -5.06. The number of hydrogen-bond acceptors (Lipinski definition) is 3. The maximum absolute atomic E-state index is 12.9. The van der Waals surface area contributed by atoms with E-state index in [1.165, 1.54) is 11.0 Å². The zero-order chi connectivity index (χ0) is 22.1. The number of nitrogens with one attached hydrogen (secondary N) is 3. The Morgan fingerprint density at radius 1 is 1.03 bits per heavy atom. The summed E-state index contributed by atoms with van der Waals surface area (Å²) in [5.74, 6) is 0. The highest BCUT2D eigenvalue weighted by atomic mass is 19.4. The van der Waals surface area contributed by atoms with Gasteiger partial charge in [0, 0.05) is 18.8 Å². The van der Waals surface area contributed by atoms with Gasteiger partial charge in [-0.15, -0.1) is 0 Å². The average molecular weight is 431 g/mol. The molecule has 0 saturated carbocycles. The van der Waals surface area contributed by atoms with Crippen LogP contribution >= 0.6 is 0 Å². The fraction of sp³-hybridized carbons (Fsp3) is 0.222. The molecule has 6 nitrogen and oxygen atoms in total. The van der Waals surface area contributed by atoms with Crippen molar-refractivity contribution in [2.75, 3.05) is 28.6 Å². The van der Waals surface area contributed by atoms with Crippen LogP contribution in [0, 0.1) is 6.07 Å². The predicted molar refractivity (Wildman–Crippen MR) is 95.1 cm³/mol. The molecule has 0 fully saturated rings. The van der Waals surface area contributed by atoms with E-state index in [2.05, 4.69) is 11.4 Å². The Kier molecular flexibility index (Phi) is 5.51. The van der Waals surface area contributed by atoms with Crippen LogP contribution in [0.2, 0.25) is 0 Å². The number of alkyl halides is 6. The fourth-order valence-electron chi connectivity index (χ4n) is 2.79. The Morgan fingerprint density at radius 2 is 1.67 bits per heavy atom. The number of rotatable bonds is 1. The van der Waals surface area contributed by atoms with Gasteiger partial charge in [-0.1, -0.05) is 6.07 Å². The van der Waals surface area contributed by atoms with Gasteiger partial charge in [0.15, 0.2) is 0 Å². The Labute approximate surface area is 165 Å². The molecule has 3 rings (SSSR count). The maximum atomic E-state index is 12.9. The third kappa shape index (κ3) is 4.75. The van der Waals surface area contributed by atoms with Gasteiger partial charge in [-0.3, -0.25) is 10.2 Å². The van der Waals surface area contributed by atoms with Crippen molar-refractivity contribution in [3.05, 3.63) is 53.6 Å². The standard InChI is InChI=1S/C18H13F6N4O2/c19-17(20,21)10-7-11(18(22,23)24)9-12(8-10)26-15(29)27-16(30)28-6-5-25-13-3-1-2-4-14(13)28/h2-4,7-9,25H,5-6H2,(H2,26,27,29,30). The zero-order valence-corrected chi connectivity index (χ0v) is 14.9. The number of imide groups is 1. The van der Waals surface area contributed by atoms with Crippen molar-refractivity contribution in [1.82, 2.24) is 5.32 Å². The van der Waals surface area contributed by atoms with Crippen LogP contribution in [0.15, 0.2) is 36.4 Å². The predicted octanol–water partition coefficient (Wildman–Crippen LogP) is 4.70. The molecule has 0 aliphatic carbocycles. The quantitative estimate of drug-likeness (QED) is 0.574. The van der Waals surface area contributed by atoms with Crippen molar-refractivity contribution >= 4 is 29.1 Å². The van der Waals surface area contributed by atoms with Crippen LogP contribution in [-0.4, -0.2) is 25.2 Å². The summed E-state index contributed by atoms with van der Waals surface area (Å²) in [6, 6.07) is 5.91. The zero-order valence-electron chi connectivity index (χ0n) is 14.9. The van der Waals surface area contributed by atoms with Crippen LogP contribution in [0.1, 0.15) is 11.1 Å². The van der Waals surface area contributed by atoms with Crippen molar-refractivity contribution in [2.45, 2.75) is 12.4 Å². The van der Waals surface area contributed by atoms with Crippen LogP contribution in [-0.2, 0) is 12.4 Å². The van der Waals surface area contributed by atoms with Gasteiger partial charge in [0.25, 0.3) is 0 Å². The van der Waals surface area contributed by atoms with Gasteiger partial charge in [-0.05, 0) is 36.4 Å². The molecule has 3 N–H and O–H groups in total. The van der Waals surface area contributed by atoms with Crippen molar-refractivity contribution in [1.29, 1.82) is 0 Å². The molecule has 1 radical (unpaired) electrons. The molecule has 1 aliphatic heterocycles. The van der Waals surface area contributed by atoms with Crippen LogP contribution in [0.4, 0.5) is 53.0 Å². The van der Waals surface area contributed by atoms with Gasteiger partial charge in [0.1, 0.15) is 0 Å². The van der Waals surface area contributed by atoms with Gasteiger partial charge >= 0.3 is 24.4 Å². The second kappa shape index (κ2) is 7.76. The molecule has 0 saturated heterocycles. The second-order valence-electron chi connectivity index (χ2n) is 6.20. The SMILES string of the molecule is O=C(NC(=O)N1CCNc2c[c]ccc21)Nc1cc(C(F)(F)F)cc(C(F)(F)F)c1. The molecule has 0 aromatic heterocycles. The number of amides is 4. The number of benzene rings is 2. The molecule has 4 amide bonds. The Hall–Kier alpha value is -3.44. The van der Waals surface area contributed by atoms with E-state index >= 15 is 0 Å². The smallest absolute Gasteiger partial charge is 0.382 e. The Morgan fingerprint density at radius 3 is 2.27 bits per heavy atom. The second-order valence-corrected chi connectivity index (χ2v) is 6.20. The van der Waals surface area contributed by atoms with E-state index in [9.17, 15) is 35.9 Å². The highest BCUT2D eigenvalue weighted by Gasteiger charge is 2.37. The van der Waals surface area contributed by atoms with Gasteiger partial charge in [0.2, 0.25) is 0 Å². The lowest BCUT2D eigenvalue weighted by Gasteiger charge is -2.29. The molecule has 159 valence electrons. The van der Waals surface area contributed by atoms with E-state index in [1.807, 2.05) is 10.6 Å². The van der Waals surface area contributed by atoms with E-state index in [0.29, 0.717) is 30.1 Å². The highest BCUT2D eigenvalue weighted by Crippen LogP contribution is 2.37. The first kappa shape index (κ1) is 21.3. The summed E-state index contributed by atoms with van der Waals surface area (Å²) < 4.78 is 77.4. The molecular weight excluding hydrogens is 418 g/mol. The van der Waals surface area contributed by atoms with Gasteiger partial charge in [-0.25, -0.2) is 9.59 Å². The summed E-state index contributed by atoms with van der Waals surface area (Å²) in [6.45, 7) is 0.542. The number of fused-ring (bicyclic) bond motifs is 1. The number of carbonyl (C=O) groups excluding carboxylic acids is 2. The number of hydrogen-bond donors (Lipinski definition) is 3. The van der Waals surface area contributed by atoms with E-state index < -0.39 is 41.2 Å². The summed E-state index contributed by atoms with van der Waals surface area (Å²) in [4.78, 5) is 25.6. The first-order valence-corrected chi connectivity index (χ1v) is 8.38. The van der Waals surface area contributed by atoms with Crippen LogP contribution < -0.4 is 20.9 Å². The van der Waals surface area contributed by atoms with Gasteiger partial charge < -0.3 is 10.6 Å². The lowest BCUT2D eigenvalue weighted by Crippen LogP contribution is -2.48. The third-order valence-corrected chi connectivity index (χ3v) is 4.09. The fourth-order valence-corrected chi connectivity index (χ4v) is 2.79. The average Bonchev–Trinajstić information content (AvgIpc) is 2.65. The summed E-state index contributed by atoms with van der Waals surface area (Å²) in [7, 11) is 0. The van der Waals surface area contributed by atoms with Crippen LogP contribution in [0.3, 0.4) is 0 Å². The summed E-state index contributed by atoms with van der Waals surface area (Å²) in [5, 5.41) is 6.75. The molecule has 12 heteroatoms. The number of halogens is 6. The summed E-state index contributed by atoms with van der Waals surface area (Å²) in [5.41, 5.74) is -2.94. The largest absolute Gasteiger partial charge is 0.416 e. The number of carbonyl (C=O) groups is 2. The highest BCUT2D eigenvalue weighted by molar-refractivity contribution is 6.07. The molecule has 1 heterocycles. The summed E-state index contributed by atoms with van der Waals surface area (Å²) >= 11 is 0. The first-order chi connectivity index (χ1) is 13.9. The third-order valence-electron chi connectivity index (χ3n) is 4.09. The molecule has 1 aliphatic rings.